The molecule has 0 saturated heterocycles. The van der Waals surface area contributed by atoms with Crippen LogP contribution in [0.1, 0.15) is 25.8 Å². The van der Waals surface area contributed by atoms with Crippen molar-refractivity contribution in [2.75, 3.05) is 0 Å². The molecule has 18 heavy (non-hydrogen) atoms. The normalized spacial score (nSPS) is 12.6. The molecule has 1 heterocycles. The first-order valence-corrected chi connectivity index (χ1v) is 6.90. The van der Waals surface area contributed by atoms with Crippen LogP contribution in [-0.4, -0.2) is 16.1 Å². The number of nitrogens with one attached hydrogen (secondary N) is 1. The van der Waals surface area contributed by atoms with Crippen LogP contribution in [0.2, 0.25) is 0 Å². The summed E-state index contributed by atoms with van der Waals surface area (Å²) in [5.74, 6) is 0.0825. The highest BCUT2D eigenvalue weighted by atomic mass is 32.2. The number of nitrogens with two attached hydrogens (primary N) is 1. The van der Waals surface area contributed by atoms with Crippen molar-refractivity contribution in [1.29, 1.82) is 5.41 Å². The first kappa shape index (κ1) is 12.9. The van der Waals surface area contributed by atoms with Crippen LogP contribution in [0.15, 0.2) is 35.4 Å². The summed E-state index contributed by atoms with van der Waals surface area (Å²) in [4.78, 5) is 4.63. The summed E-state index contributed by atoms with van der Waals surface area (Å²) in [5.41, 5.74) is 7.34. The molecule has 0 aliphatic rings. The van der Waals surface area contributed by atoms with Gasteiger partial charge in [0, 0.05) is 16.2 Å². The van der Waals surface area contributed by atoms with Crippen LogP contribution >= 0.6 is 11.8 Å². The van der Waals surface area contributed by atoms with E-state index in [-0.39, 0.29) is 5.84 Å². The molecule has 0 aliphatic heterocycles. The second kappa shape index (κ2) is 5.40. The van der Waals surface area contributed by atoms with E-state index in [4.69, 9.17) is 11.1 Å². The van der Waals surface area contributed by atoms with Crippen molar-refractivity contribution in [1.82, 2.24) is 4.98 Å². The number of pyridine rings is 1. The van der Waals surface area contributed by atoms with Crippen LogP contribution in [0.25, 0.3) is 10.9 Å². The van der Waals surface area contributed by atoms with Gasteiger partial charge in [-0.3, -0.25) is 5.41 Å². The molecule has 0 bridgehead atoms. The third kappa shape index (κ3) is 2.64. The summed E-state index contributed by atoms with van der Waals surface area (Å²) in [7, 11) is 0. The summed E-state index contributed by atoms with van der Waals surface area (Å²) in [6.45, 7) is 4.30. The summed E-state index contributed by atoms with van der Waals surface area (Å²) >= 11 is 1.68. The number of aromatic nitrogens is 1. The van der Waals surface area contributed by atoms with E-state index >= 15 is 0 Å². The SMILES string of the molecule is CCC(C)Sc1nc2ccccc2cc1C(=N)N. The largest absolute Gasteiger partial charge is 0.384 e. The monoisotopic (exact) mass is 259 g/mol. The van der Waals surface area contributed by atoms with Gasteiger partial charge in [0.25, 0.3) is 0 Å². The summed E-state index contributed by atoms with van der Waals surface area (Å²) in [5, 5.41) is 10.0. The van der Waals surface area contributed by atoms with Gasteiger partial charge >= 0.3 is 0 Å². The molecule has 0 spiro atoms. The first-order valence-electron chi connectivity index (χ1n) is 6.02. The van der Waals surface area contributed by atoms with E-state index in [2.05, 4.69) is 18.8 Å². The van der Waals surface area contributed by atoms with E-state index < -0.39 is 0 Å². The average molecular weight is 259 g/mol. The Hall–Kier alpha value is -1.55. The van der Waals surface area contributed by atoms with Gasteiger partial charge in [0.1, 0.15) is 10.9 Å². The van der Waals surface area contributed by atoms with E-state index in [1.54, 1.807) is 11.8 Å². The minimum absolute atomic E-state index is 0.0825. The van der Waals surface area contributed by atoms with Crippen molar-refractivity contribution in [2.45, 2.75) is 30.5 Å². The molecule has 0 radical (unpaired) electrons. The van der Waals surface area contributed by atoms with Crippen LogP contribution in [0, 0.1) is 5.41 Å². The zero-order chi connectivity index (χ0) is 13.1. The van der Waals surface area contributed by atoms with Crippen LogP contribution < -0.4 is 5.73 Å². The Bertz CT molecular complexity index is 580. The number of nitrogen functional groups attached to an aromatic ring is 1. The molecule has 0 aliphatic carbocycles. The van der Waals surface area contributed by atoms with Gasteiger partial charge in [0.15, 0.2) is 0 Å². The standard InChI is InChI=1S/C14H17N3S/c1-3-9(2)18-14-11(13(15)16)8-10-6-4-5-7-12(10)17-14/h4-9H,3H2,1-2H3,(H3,15,16). The van der Waals surface area contributed by atoms with Gasteiger partial charge in [-0.25, -0.2) is 4.98 Å². The number of benzene rings is 1. The minimum atomic E-state index is 0.0825. The van der Waals surface area contributed by atoms with Gasteiger partial charge in [-0.15, -0.1) is 11.8 Å². The molecular weight excluding hydrogens is 242 g/mol. The minimum Gasteiger partial charge on any atom is -0.384 e. The van der Waals surface area contributed by atoms with Gasteiger partial charge in [-0.2, -0.15) is 0 Å². The van der Waals surface area contributed by atoms with Crippen molar-refractivity contribution in [3.63, 3.8) is 0 Å². The molecule has 3 N–H and O–H groups in total. The molecular formula is C14H17N3S. The van der Waals surface area contributed by atoms with Gasteiger partial charge in [-0.05, 0) is 18.6 Å². The fourth-order valence-corrected chi connectivity index (χ4v) is 2.65. The number of fused-ring (bicyclic) bond motifs is 1. The van der Waals surface area contributed by atoms with Crippen LogP contribution in [0.3, 0.4) is 0 Å². The Morgan fingerprint density at radius 1 is 1.44 bits per heavy atom. The number of rotatable bonds is 4. The van der Waals surface area contributed by atoms with Crippen molar-refractivity contribution in [2.24, 2.45) is 5.73 Å². The van der Waals surface area contributed by atoms with Crippen LogP contribution in [0.5, 0.6) is 0 Å². The molecule has 4 heteroatoms. The van der Waals surface area contributed by atoms with Crippen molar-refractivity contribution in [3.8, 4) is 0 Å². The predicted molar refractivity (Wildman–Crippen MR) is 78.4 cm³/mol. The van der Waals surface area contributed by atoms with Crippen molar-refractivity contribution in [3.05, 3.63) is 35.9 Å². The number of nitrogens with zero attached hydrogens (tertiary/aromatic N) is 1. The molecule has 0 fully saturated rings. The molecule has 1 aromatic heterocycles. The molecule has 3 nitrogen and oxygen atoms in total. The topological polar surface area (TPSA) is 62.8 Å². The van der Waals surface area contributed by atoms with Crippen LogP contribution in [-0.2, 0) is 0 Å². The number of hydrogen-bond acceptors (Lipinski definition) is 3. The second-order valence-corrected chi connectivity index (χ2v) is 5.71. The Labute approximate surface area is 111 Å². The van der Waals surface area contributed by atoms with E-state index in [0.717, 1.165) is 27.9 Å². The Kier molecular flexibility index (Phi) is 3.87. The van der Waals surface area contributed by atoms with Gasteiger partial charge in [-0.1, -0.05) is 32.0 Å². The maximum atomic E-state index is 7.68. The predicted octanol–water partition coefficient (Wildman–Crippen LogP) is 3.41. The molecule has 2 aromatic rings. The maximum Gasteiger partial charge on any atom is 0.125 e. The third-order valence-corrected chi connectivity index (χ3v) is 4.14. The molecule has 0 amide bonds. The van der Waals surface area contributed by atoms with E-state index in [1.165, 1.54) is 0 Å². The lowest BCUT2D eigenvalue weighted by Gasteiger charge is -2.12. The molecule has 0 saturated carbocycles. The Morgan fingerprint density at radius 3 is 2.83 bits per heavy atom. The quantitative estimate of drug-likeness (QED) is 0.502. The summed E-state index contributed by atoms with van der Waals surface area (Å²) in [6.07, 6.45) is 1.07. The Balaban J connectivity index is 2.54. The van der Waals surface area contributed by atoms with Crippen LogP contribution in [0.4, 0.5) is 0 Å². The highest BCUT2D eigenvalue weighted by Crippen LogP contribution is 2.29. The van der Waals surface area contributed by atoms with E-state index in [1.807, 2.05) is 30.3 Å². The second-order valence-electron chi connectivity index (χ2n) is 4.28. The number of thioether (sulfide) groups is 1. The number of hydrogen-bond donors (Lipinski definition) is 2. The zero-order valence-electron chi connectivity index (χ0n) is 10.6. The third-order valence-electron chi connectivity index (χ3n) is 2.87. The molecule has 1 atom stereocenters. The molecule has 1 unspecified atom stereocenters. The highest BCUT2D eigenvalue weighted by molar-refractivity contribution is 7.99. The summed E-state index contributed by atoms with van der Waals surface area (Å²) < 4.78 is 0. The lowest BCUT2D eigenvalue weighted by Crippen LogP contribution is -2.14. The molecule has 1 aromatic carbocycles. The average Bonchev–Trinajstić information content (AvgIpc) is 2.37. The van der Waals surface area contributed by atoms with Crippen molar-refractivity contribution >= 4 is 28.5 Å². The zero-order valence-corrected chi connectivity index (χ0v) is 11.4. The molecule has 2 rings (SSSR count). The first-order chi connectivity index (χ1) is 8.61. The maximum absolute atomic E-state index is 7.68. The summed E-state index contributed by atoms with van der Waals surface area (Å²) in [6, 6.07) is 9.87. The fourth-order valence-electron chi connectivity index (χ4n) is 1.65. The number of para-hydroxylation sites is 1. The lowest BCUT2D eigenvalue weighted by atomic mass is 10.1. The van der Waals surface area contributed by atoms with Gasteiger partial charge in [0.2, 0.25) is 0 Å². The van der Waals surface area contributed by atoms with E-state index in [9.17, 15) is 0 Å². The Morgan fingerprint density at radius 2 is 2.17 bits per heavy atom. The van der Waals surface area contributed by atoms with Gasteiger partial charge < -0.3 is 5.73 Å². The lowest BCUT2D eigenvalue weighted by molar-refractivity contribution is 0.901. The molecule has 94 valence electrons. The van der Waals surface area contributed by atoms with Gasteiger partial charge in [0.05, 0.1) is 5.52 Å². The smallest absolute Gasteiger partial charge is 0.125 e. The van der Waals surface area contributed by atoms with E-state index in [0.29, 0.717) is 5.25 Å². The fraction of sp³-hybridized carbons (Fsp3) is 0.286. The highest BCUT2D eigenvalue weighted by Gasteiger charge is 2.12. The van der Waals surface area contributed by atoms with Crippen molar-refractivity contribution < 1.29 is 0 Å². The number of amidine groups is 1.